The fourth-order valence-electron chi connectivity index (χ4n) is 2.58. The van der Waals surface area contributed by atoms with E-state index in [1.54, 1.807) is 7.11 Å². The molecule has 1 aliphatic rings. The highest BCUT2D eigenvalue weighted by Crippen LogP contribution is 2.33. The number of methoxy groups -OCH3 is 1. The van der Waals surface area contributed by atoms with E-state index in [-0.39, 0.29) is 6.04 Å². The number of hydrogen-bond donors (Lipinski definition) is 1. The van der Waals surface area contributed by atoms with Gasteiger partial charge in [-0.05, 0) is 19.3 Å². The lowest BCUT2D eigenvalue weighted by molar-refractivity contribution is 0.197. The highest BCUT2D eigenvalue weighted by Gasteiger charge is 2.23. The highest BCUT2D eigenvalue weighted by molar-refractivity contribution is 7.11. The lowest BCUT2D eigenvalue weighted by atomic mass is 10.1. The number of thiazole rings is 1. The van der Waals surface area contributed by atoms with E-state index in [1.165, 1.54) is 23.4 Å². The zero-order valence-electron chi connectivity index (χ0n) is 11.9. The average Bonchev–Trinajstić information content (AvgIpc) is 3.10. The van der Waals surface area contributed by atoms with Crippen molar-refractivity contribution in [2.24, 2.45) is 7.05 Å². The Hall–Kier alpha value is -1.24. The second kappa shape index (κ2) is 6.03. The molecule has 1 aliphatic carbocycles. The minimum absolute atomic E-state index is 0.120. The Morgan fingerprint density at radius 2 is 2.40 bits per heavy atom. The first kappa shape index (κ1) is 13.7. The van der Waals surface area contributed by atoms with Crippen molar-refractivity contribution in [2.45, 2.75) is 25.3 Å². The fourth-order valence-corrected chi connectivity index (χ4v) is 3.83. The molecule has 1 N–H and O–H groups in total. The molecule has 0 bridgehead atoms. The van der Waals surface area contributed by atoms with Crippen molar-refractivity contribution in [1.82, 2.24) is 20.1 Å². The van der Waals surface area contributed by atoms with Crippen LogP contribution in [0.15, 0.2) is 12.4 Å². The number of aromatic nitrogens is 3. The minimum atomic E-state index is 0.120. The molecular formula is C14H20N4OS. The monoisotopic (exact) mass is 292 g/mol. The maximum atomic E-state index is 5.13. The molecule has 20 heavy (non-hydrogen) atoms. The van der Waals surface area contributed by atoms with Crippen molar-refractivity contribution in [2.75, 3.05) is 20.3 Å². The Morgan fingerprint density at radius 1 is 1.50 bits per heavy atom. The molecule has 0 saturated heterocycles. The predicted molar refractivity (Wildman–Crippen MR) is 79.1 cm³/mol. The smallest absolute Gasteiger partial charge is 0.115 e. The van der Waals surface area contributed by atoms with Crippen LogP contribution in [-0.2, 0) is 24.6 Å². The van der Waals surface area contributed by atoms with E-state index in [0.29, 0.717) is 6.61 Å². The fraction of sp³-hybridized carbons (Fsp3) is 0.571. The van der Waals surface area contributed by atoms with Crippen LogP contribution in [0.2, 0.25) is 0 Å². The van der Waals surface area contributed by atoms with Gasteiger partial charge in [-0.25, -0.2) is 4.98 Å². The summed E-state index contributed by atoms with van der Waals surface area (Å²) in [5, 5.41) is 8.95. The normalized spacial score (nSPS) is 15.5. The third-order valence-electron chi connectivity index (χ3n) is 3.57. The molecule has 2 heterocycles. The second-order valence-corrected chi connectivity index (χ2v) is 6.22. The van der Waals surface area contributed by atoms with Crippen LogP contribution < -0.4 is 5.32 Å². The number of fused-ring (bicyclic) bond motifs is 1. The summed E-state index contributed by atoms with van der Waals surface area (Å²) in [7, 11) is 3.66. The molecular weight excluding hydrogens is 272 g/mol. The molecule has 2 aromatic heterocycles. The van der Waals surface area contributed by atoms with Gasteiger partial charge in [-0.15, -0.1) is 11.3 Å². The number of rotatable bonds is 6. The maximum Gasteiger partial charge on any atom is 0.115 e. The van der Waals surface area contributed by atoms with Gasteiger partial charge in [0.05, 0.1) is 24.5 Å². The lowest BCUT2D eigenvalue weighted by Gasteiger charge is -2.14. The van der Waals surface area contributed by atoms with Crippen molar-refractivity contribution in [3.8, 4) is 0 Å². The van der Waals surface area contributed by atoms with E-state index in [2.05, 4.69) is 16.6 Å². The van der Waals surface area contributed by atoms with Crippen LogP contribution in [0.3, 0.4) is 0 Å². The molecule has 0 amide bonds. The number of ether oxygens (including phenoxy) is 1. The van der Waals surface area contributed by atoms with Gasteiger partial charge in [-0.3, -0.25) is 4.68 Å². The number of nitrogens with zero attached hydrogens (tertiary/aromatic N) is 3. The van der Waals surface area contributed by atoms with E-state index in [1.807, 2.05) is 29.3 Å². The van der Waals surface area contributed by atoms with Gasteiger partial charge in [-0.1, -0.05) is 0 Å². The van der Waals surface area contributed by atoms with E-state index < -0.39 is 0 Å². The largest absolute Gasteiger partial charge is 0.383 e. The van der Waals surface area contributed by atoms with Gasteiger partial charge in [0.15, 0.2) is 0 Å². The van der Waals surface area contributed by atoms with Gasteiger partial charge in [0.2, 0.25) is 0 Å². The Labute approximate surface area is 123 Å². The summed E-state index contributed by atoms with van der Waals surface area (Å²) >= 11 is 1.84. The van der Waals surface area contributed by atoms with Gasteiger partial charge in [0.25, 0.3) is 0 Å². The van der Waals surface area contributed by atoms with Gasteiger partial charge in [-0.2, -0.15) is 5.10 Å². The minimum Gasteiger partial charge on any atom is -0.383 e. The van der Waals surface area contributed by atoms with Crippen LogP contribution in [0.1, 0.15) is 33.6 Å². The van der Waals surface area contributed by atoms with Crippen LogP contribution in [0, 0.1) is 0 Å². The predicted octanol–water partition coefficient (Wildman–Crippen LogP) is 1.69. The Morgan fingerprint density at radius 3 is 3.10 bits per heavy atom. The van der Waals surface area contributed by atoms with E-state index in [4.69, 9.17) is 9.72 Å². The number of hydrogen-bond acceptors (Lipinski definition) is 5. The standard InChI is InChI=1S/C14H20N4OS/c1-18-9-10(8-16-18)13(15-6-7-19-2)14-17-11-4-3-5-12(11)20-14/h8-9,13,15H,3-7H2,1-2H3. The molecule has 0 saturated carbocycles. The van der Waals surface area contributed by atoms with Crippen molar-refractivity contribution >= 4 is 11.3 Å². The molecule has 0 aliphatic heterocycles. The zero-order chi connectivity index (χ0) is 13.9. The average molecular weight is 292 g/mol. The molecule has 3 rings (SSSR count). The summed E-state index contributed by atoms with van der Waals surface area (Å²) in [5.41, 5.74) is 2.46. The maximum absolute atomic E-state index is 5.13. The van der Waals surface area contributed by atoms with Crippen LogP contribution in [0.25, 0.3) is 0 Å². The summed E-state index contributed by atoms with van der Waals surface area (Å²) in [4.78, 5) is 6.29. The van der Waals surface area contributed by atoms with Gasteiger partial charge < -0.3 is 10.1 Å². The quantitative estimate of drug-likeness (QED) is 0.823. The van der Waals surface area contributed by atoms with Crippen molar-refractivity contribution < 1.29 is 4.74 Å². The first-order chi connectivity index (χ1) is 9.78. The molecule has 0 aromatic carbocycles. The van der Waals surface area contributed by atoms with Gasteiger partial charge >= 0.3 is 0 Å². The third kappa shape index (κ3) is 2.77. The molecule has 2 aromatic rings. The lowest BCUT2D eigenvalue weighted by Crippen LogP contribution is -2.25. The molecule has 0 radical (unpaired) electrons. The molecule has 0 fully saturated rings. The topological polar surface area (TPSA) is 52.0 Å². The van der Waals surface area contributed by atoms with Crippen LogP contribution in [0.4, 0.5) is 0 Å². The van der Waals surface area contributed by atoms with E-state index >= 15 is 0 Å². The first-order valence-corrected chi connectivity index (χ1v) is 7.79. The van der Waals surface area contributed by atoms with Gasteiger partial charge in [0.1, 0.15) is 5.01 Å². The molecule has 1 unspecified atom stereocenters. The van der Waals surface area contributed by atoms with E-state index in [9.17, 15) is 0 Å². The van der Waals surface area contributed by atoms with E-state index in [0.717, 1.165) is 23.5 Å². The zero-order valence-corrected chi connectivity index (χ0v) is 12.7. The van der Waals surface area contributed by atoms with Crippen LogP contribution >= 0.6 is 11.3 Å². The summed E-state index contributed by atoms with van der Waals surface area (Å²) in [6.45, 7) is 1.50. The molecule has 1 atom stereocenters. The van der Waals surface area contributed by atoms with Crippen molar-refractivity contribution in [1.29, 1.82) is 0 Å². The Balaban J connectivity index is 1.83. The summed E-state index contributed by atoms with van der Waals surface area (Å²) < 4.78 is 6.97. The van der Waals surface area contributed by atoms with Crippen molar-refractivity contribution in [3.63, 3.8) is 0 Å². The van der Waals surface area contributed by atoms with Crippen LogP contribution in [0.5, 0.6) is 0 Å². The Kier molecular flexibility index (Phi) is 4.14. The highest BCUT2D eigenvalue weighted by atomic mass is 32.1. The summed E-state index contributed by atoms with van der Waals surface area (Å²) in [6.07, 6.45) is 7.53. The van der Waals surface area contributed by atoms with Gasteiger partial charge in [0, 0.05) is 37.3 Å². The second-order valence-electron chi connectivity index (χ2n) is 5.10. The number of aryl methyl sites for hydroxylation is 3. The summed E-state index contributed by atoms with van der Waals surface area (Å²) in [6, 6.07) is 0.120. The first-order valence-electron chi connectivity index (χ1n) is 6.97. The Bertz CT molecular complexity index is 556. The third-order valence-corrected chi connectivity index (χ3v) is 4.79. The summed E-state index contributed by atoms with van der Waals surface area (Å²) in [5.74, 6) is 0. The molecule has 108 valence electrons. The van der Waals surface area contributed by atoms with Crippen LogP contribution in [-0.4, -0.2) is 35.0 Å². The number of nitrogens with one attached hydrogen (secondary N) is 1. The van der Waals surface area contributed by atoms with Crippen molar-refractivity contribution in [3.05, 3.63) is 33.5 Å². The molecule has 0 spiro atoms. The molecule has 6 heteroatoms. The SMILES string of the molecule is COCCNC(c1cnn(C)c1)c1nc2c(s1)CCC2. The molecule has 5 nitrogen and oxygen atoms in total.